The third-order valence-corrected chi connectivity index (χ3v) is 3.60. The van der Waals surface area contributed by atoms with E-state index in [-0.39, 0.29) is 30.3 Å². The van der Waals surface area contributed by atoms with Crippen molar-refractivity contribution in [1.82, 2.24) is 0 Å². The molecule has 1 N–H and O–H groups in total. The van der Waals surface area contributed by atoms with E-state index in [2.05, 4.69) is 5.32 Å². The molecule has 1 amide bonds. The van der Waals surface area contributed by atoms with Gasteiger partial charge in [-0.1, -0.05) is 6.07 Å². The average Bonchev–Trinajstić information content (AvgIpc) is 2.55. The minimum absolute atomic E-state index is 0.101. The summed E-state index contributed by atoms with van der Waals surface area (Å²) in [4.78, 5) is 24.0. The number of ketones is 1. The zero-order valence-electron chi connectivity index (χ0n) is 13.8. The Labute approximate surface area is 140 Å². The highest BCUT2D eigenvalue weighted by Crippen LogP contribution is 2.25. The van der Waals surface area contributed by atoms with Crippen LogP contribution in [0.25, 0.3) is 0 Å². The molecule has 0 spiro atoms. The fourth-order valence-corrected chi connectivity index (χ4v) is 2.32. The number of hydrogen-bond acceptors (Lipinski definition) is 3. The highest BCUT2D eigenvalue weighted by atomic mass is 19.1. The molecule has 0 atom stereocenters. The summed E-state index contributed by atoms with van der Waals surface area (Å²) in [5, 5.41) is 2.80. The third kappa shape index (κ3) is 4.91. The van der Waals surface area contributed by atoms with Crippen molar-refractivity contribution < 1.29 is 18.7 Å². The van der Waals surface area contributed by atoms with Crippen LogP contribution in [0.3, 0.4) is 0 Å². The van der Waals surface area contributed by atoms with Crippen molar-refractivity contribution in [2.75, 3.05) is 12.4 Å². The number of benzene rings is 2. The maximum absolute atomic E-state index is 12.8. The molecule has 0 bridgehead atoms. The Morgan fingerprint density at radius 3 is 2.46 bits per heavy atom. The SMILES string of the molecule is COc1ccc(C)cc1NC(=O)CCCC(=O)c1ccc(F)cc1. The maximum atomic E-state index is 12.8. The molecule has 0 unspecified atom stereocenters. The van der Waals surface area contributed by atoms with Crippen molar-refractivity contribution in [3.63, 3.8) is 0 Å². The second-order valence-electron chi connectivity index (χ2n) is 5.54. The van der Waals surface area contributed by atoms with Gasteiger partial charge in [-0.3, -0.25) is 9.59 Å². The van der Waals surface area contributed by atoms with Crippen LogP contribution in [0, 0.1) is 12.7 Å². The largest absolute Gasteiger partial charge is 0.495 e. The van der Waals surface area contributed by atoms with Gasteiger partial charge in [0.1, 0.15) is 11.6 Å². The summed E-state index contributed by atoms with van der Waals surface area (Å²) >= 11 is 0. The monoisotopic (exact) mass is 329 g/mol. The minimum Gasteiger partial charge on any atom is -0.495 e. The summed E-state index contributed by atoms with van der Waals surface area (Å²) in [7, 11) is 1.54. The van der Waals surface area contributed by atoms with Crippen LogP contribution in [-0.2, 0) is 4.79 Å². The van der Waals surface area contributed by atoms with Crippen LogP contribution in [0.15, 0.2) is 42.5 Å². The Hall–Kier alpha value is -2.69. The predicted octanol–water partition coefficient (Wildman–Crippen LogP) is 4.13. The molecule has 2 rings (SSSR count). The van der Waals surface area contributed by atoms with Crippen molar-refractivity contribution in [3.05, 3.63) is 59.4 Å². The molecule has 0 radical (unpaired) electrons. The first-order chi connectivity index (χ1) is 11.5. The van der Waals surface area contributed by atoms with E-state index in [1.807, 2.05) is 19.1 Å². The third-order valence-electron chi connectivity index (χ3n) is 3.60. The Balaban J connectivity index is 1.84. The van der Waals surface area contributed by atoms with E-state index in [1.54, 1.807) is 13.2 Å². The topological polar surface area (TPSA) is 55.4 Å². The standard InChI is InChI=1S/C19H20FNO3/c1-13-6-11-18(24-2)16(12-13)21-19(23)5-3-4-17(22)14-7-9-15(20)10-8-14/h6-12H,3-5H2,1-2H3,(H,21,23). The number of carbonyl (C=O) groups is 2. The number of ether oxygens (including phenoxy) is 1. The van der Waals surface area contributed by atoms with Gasteiger partial charge in [0.2, 0.25) is 5.91 Å². The summed E-state index contributed by atoms with van der Waals surface area (Å²) in [6.45, 7) is 1.93. The fourth-order valence-electron chi connectivity index (χ4n) is 2.32. The van der Waals surface area contributed by atoms with Gasteiger partial charge < -0.3 is 10.1 Å². The minimum atomic E-state index is -0.377. The van der Waals surface area contributed by atoms with Gasteiger partial charge in [0, 0.05) is 18.4 Å². The average molecular weight is 329 g/mol. The Morgan fingerprint density at radius 2 is 1.79 bits per heavy atom. The Morgan fingerprint density at radius 1 is 1.08 bits per heavy atom. The van der Waals surface area contributed by atoms with Crippen molar-refractivity contribution in [1.29, 1.82) is 0 Å². The van der Waals surface area contributed by atoms with Crippen LogP contribution in [0.1, 0.15) is 35.2 Å². The van der Waals surface area contributed by atoms with E-state index >= 15 is 0 Å². The number of Topliss-reactive ketones (excluding diaryl/α,β-unsaturated/α-hetero) is 1. The first-order valence-corrected chi connectivity index (χ1v) is 7.73. The molecule has 0 saturated carbocycles. The van der Waals surface area contributed by atoms with Crippen LogP contribution >= 0.6 is 0 Å². The Bertz CT molecular complexity index is 726. The molecule has 0 fully saturated rings. The van der Waals surface area contributed by atoms with Crippen molar-refractivity contribution in [2.24, 2.45) is 0 Å². The number of carbonyl (C=O) groups excluding carboxylic acids is 2. The zero-order valence-corrected chi connectivity index (χ0v) is 13.8. The lowest BCUT2D eigenvalue weighted by atomic mass is 10.1. The lowest BCUT2D eigenvalue weighted by molar-refractivity contribution is -0.116. The molecule has 2 aromatic rings. The molecule has 0 aliphatic rings. The van der Waals surface area contributed by atoms with Gasteiger partial charge in [0.15, 0.2) is 5.78 Å². The number of methoxy groups -OCH3 is 1. The maximum Gasteiger partial charge on any atom is 0.224 e. The second kappa shape index (κ2) is 8.24. The van der Waals surface area contributed by atoms with Crippen LogP contribution in [0.4, 0.5) is 10.1 Å². The normalized spacial score (nSPS) is 10.3. The summed E-state index contributed by atoms with van der Waals surface area (Å²) in [6.07, 6.45) is 0.893. The quantitative estimate of drug-likeness (QED) is 0.777. The Kier molecular flexibility index (Phi) is 6.07. The fraction of sp³-hybridized carbons (Fsp3) is 0.263. The molecule has 5 heteroatoms. The first-order valence-electron chi connectivity index (χ1n) is 7.73. The predicted molar refractivity (Wildman–Crippen MR) is 90.9 cm³/mol. The van der Waals surface area contributed by atoms with Crippen molar-refractivity contribution >= 4 is 17.4 Å². The summed E-state index contributed by atoms with van der Waals surface area (Å²) in [5.41, 5.74) is 2.09. The molecule has 0 saturated heterocycles. The molecular formula is C19H20FNO3. The van der Waals surface area contributed by atoms with Gasteiger partial charge >= 0.3 is 0 Å². The van der Waals surface area contributed by atoms with Gasteiger partial charge in [-0.15, -0.1) is 0 Å². The number of hydrogen-bond donors (Lipinski definition) is 1. The van der Waals surface area contributed by atoms with Gasteiger partial charge in [0.25, 0.3) is 0 Å². The molecule has 0 aromatic heterocycles. The highest BCUT2D eigenvalue weighted by molar-refractivity contribution is 5.97. The highest BCUT2D eigenvalue weighted by Gasteiger charge is 2.10. The van der Waals surface area contributed by atoms with Gasteiger partial charge in [-0.2, -0.15) is 0 Å². The van der Waals surface area contributed by atoms with Crippen molar-refractivity contribution in [3.8, 4) is 5.75 Å². The molecule has 0 aliphatic heterocycles. The van der Waals surface area contributed by atoms with E-state index in [4.69, 9.17) is 4.74 Å². The van der Waals surface area contributed by atoms with E-state index in [0.29, 0.717) is 23.4 Å². The number of rotatable bonds is 7. The summed E-state index contributed by atoms with van der Waals surface area (Å²) < 4.78 is 18.0. The number of anilines is 1. The molecule has 4 nitrogen and oxygen atoms in total. The molecule has 0 heterocycles. The van der Waals surface area contributed by atoms with E-state index in [1.165, 1.54) is 24.3 Å². The van der Waals surface area contributed by atoms with E-state index in [9.17, 15) is 14.0 Å². The molecular weight excluding hydrogens is 309 g/mol. The smallest absolute Gasteiger partial charge is 0.224 e. The number of halogens is 1. The van der Waals surface area contributed by atoms with Crippen LogP contribution in [0.5, 0.6) is 5.75 Å². The first kappa shape index (κ1) is 17.7. The number of aryl methyl sites for hydroxylation is 1. The summed E-state index contributed by atoms with van der Waals surface area (Å²) in [6, 6.07) is 10.9. The lowest BCUT2D eigenvalue weighted by Gasteiger charge is -2.11. The van der Waals surface area contributed by atoms with E-state index in [0.717, 1.165) is 5.56 Å². The van der Waals surface area contributed by atoms with E-state index < -0.39 is 0 Å². The van der Waals surface area contributed by atoms with Gasteiger partial charge in [0.05, 0.1) is 12.8 Å². The number of nitrogens with one attached hydrogen (secondary N) is 1. The second-order valence-corrected chi connectivity index (χ2v) is 5.54. The van der Waals surface area contributed by atoms with Crippen molar-refractivity contribution in [2.45, 2.75) is 26.2 Å². The molecule has 24 heavy (non-hydrogen) atoms. The molecule has 0 aliphatic carbocycles. The molecule has 126 valence electrons. The number of amides is 1. The van der Waals surface area contributed by atoms with Crippen LogP contribution in [-0.4, -0.2) is 18.8 Å². The van der Waals surface area contributed by atoms with Crippen LogP contribution < -0.4 is 10.1 Å². The lowest BCUT2D eigenvalue weighted by Crippen LogP contribution is -2.13. The zero-order chi connectivity index (χ0) is 17.5. The molecule has 2 aromatic carbocycles. The van der Waals surface area contributed by atoms with Crippen LogP contribution in [0.2, 0.25) is 0 Å². The summed E-state index contributed by atoms with van der Waals surface area (Å²) in [5.74, 6) is -0.0592. The van der Waals surface area contributed by atoms with Gasteiger partial charge in [-0.25, -0.2) is 4.39 Å². The van der Waals surface area contributed by atoms with Gasteiger partial charge in [-0.05, 0) is 55.3 Å².